The van der Waals surface area contributed by atoms with Gasteiger partial charge in [-0.3, -0.25) is 9.59 Å². The van der Waals surface area contributed by atoms with Gasteiger partial charge in [0, 0.05) is 11.4 Å². The quantitative estimate of drug-likeness (QED) is 0.474. The lowest BCUT2D eigenvalue weighted by Gasteiger charge is -2.26. The highest BCUT2D eigenvalue weighted by atomic mass is 32.2. The maximum absolute atomic E-state index is 13.4. The second-order valence-corrected chi connectivity index (χ2v) is 11.7. The van der Waals surface area contributed by atoms with Crippen molar-refractivity contribution in [2.45, 2.75) is 43.0 Å². The molecule has 1 saturated heterocycles. The summed E-state index contributed by atoms with van der Waals surface area (Å²) in [5.41, 5.74) is 1.56. The van der Waals surface area contributed by atoms with Crippen LogP contribution in [0.25, 0.3) is 0 Å². The number of benzene rings is 1. The lowest BCUT2D eigenvalue weighted by atomic mass is 10.0. The molecule has 4 rings (SSSR count). The van der Waals surface area contributed by atoms with Gasteiger partial charge in [0.25, 0.3) is 15.9 Å². The van der Waals surface area contributed by atoms with Gasteiger partial charge in [-0.05, 0) is 46.5 Å². The summed E-state index contributed by atoms with van der Waals surface area (Å²) in [6.07, 6.45) is -0.180. The van der Waals surface area contributed by atoms with Crippen LogP contribution in [0.15, 0.2) is 63.5 Å². The Hall–Kier alpha value is -2.33. The van der Waals surface area contributed by atoms with Crippen molar-refractivity contribution in [1.82, 2.24) is 4.31 Å². The molecule has 1 aliphatic heterocycles. The molecule has 1 fully saturated rings. The molecule has 31 heavy (non-hydrogen) atoms. The molecule has 1 atom stereocenters. The van der Waals surface area contributed by atoms with Crippen molar-refractivity contribution in [3.63, 3.8) is 0 Å². The van der Waals surface area contributed by atoms with Crippen molar-refractivity contribution in [3.8, 4) is 0 Å². The third kappa shape index (κ3) is 4.23. The van der Waals surface area contributed by atoms with Gasteiger partial charge >= 0.3 is 0 Å². The SMILES string of the molecule is CC(C)c1ccc(N2C(=O)CC(N(Cc3cccs3)S(=O)(=O)c3cccs3)C2=O)cc1. The summed E-state index contributed by atoms with van der Waals surface area (Å²) in [7, 11) is -3.94. The van der Waals surface area contributed by atoms with Crippen LogP contribution in [0.1, 0.15) is 36.6 Å². The maximum Gasteiger partial charge on any atom is 0.253 e. The highest BCUT2D eigenvalue weighted by Crippen LogP contribution is 2.33. The van der Waals surface area contributed by atoms with E-state index in [1.807, 2.05) is 29.6 Å². The lowest BCUT2D eigenvalue weighted by Crippen LogP contribution is -2.44. The topological polar surface area (TPSA) is 74.8 Å². The Morgan fingerprint density at radius 3 is 2.29 bits per heavy atom. The van der Waals surface area contributed by atoms with Crippen LogP contribution in [-0.2, 0) is 26.2 Å². The minimum absolute atomic E-state index is 0.0434. The van der Waals surface area contributed by atoms with E-state index in [-0.39, 0.29) is 17.2 Å². The van der Waals surface area contributed by atoms with Crippen molar-refractivity contribution in [3.05, 3.63) is 69.7 Å². The summed E-state index contributed by atoms with van der Waals surface area (Å²) < 4.78 is 28.1. The molecule has 0 bridgehead atoms. The number of sulfonamides is 1. The van der Waals surface area contributed by atoms with E-state index in [4.69, 9.17) is 0 Å². The molecule has 0 aliphatic carbocycles. The number of carbonyl (C=O) groups excluding carboxylic acids is 2. The van der Waals surface area contributed by atoms with E-state index in [2.05, 4.69) is 13.8 Å². The smallest absolute Gasteiger partial charge is 0.253 e. The first-order valence-electron chi connectivity index (χ1n) is 9.83. The van der Waals surface area contributed by atoms with Crippen molar-refractivity contribution in [2.24, 2.45) is 0 Å². The highest BCUT2D eigenvalue weighted by Gasteiger charge is 2.47. The van der Waals surface area contributed by atoms with Crippen LogP contribution >= 0.6 is 22.7 Å². The van der Waals surface area contributed by atoms with Crippen molar-refractivity contribution < 1.29 is 18.0 Å². The molecule has 1 unspecified atom stereocenters. The fourth-order valence-corrected chi connectivity index (χ4v) is 7.03. The first-order chi connectivity index (χ1) is 14.8. The molecular weight excluding hydrogens is 452 g/mol. The van der Waals surface area contributed by atoms with Crippen LogP contribution in [0.3, 0.4) is 0 Å². The van der Waals surface area contributed by atoms with Crippen LogP contribution in [0.4, 0.5) is 5.69 Å². The molecule has 2 amide bonds. The van der Waals surface area contributed by atoms with E-state index < -0.39 is 27.9 Å². The minimum atomic E-state index is -3.94. The van der Waals surface area contributed by atoms with E-state index in [0.29, 0.717) is 11.6 Å². The number of imide groups is 1. The second-order valence-electron chi connectivity index (χ2n) is 7.60. The van der Waals surface area contributed by atoms with Crippen LogP contribution in [0, 0.1) is 0 Å². The Kier molecular flexibility index (Phi) is 6.11. The first kappa shape index (κ1) is 21.9. The van der Waals surface area contributed by atoms with Crippen LogP contribution in [0.2, 0.25) is 0 Å². The fourth-order valence-electron chi connectivity index (χ4n) is 3.57. The Morgan fingerprint density at radius 1 is 1.03 bits per heavy atom. The van der Waals surface area contributed by atoms with Gasteiger partial charge in [0.1, 0.15) is 10.3 Å². The number of rotatable bonds is 7. The number of hydrogen-bond donors (Lipinski definition) is 0. The van der Waals surface area contributed by atoms with Crippen molar-refractivity contribution >= 4 is 50.2 Å². The van der Waals surface area contributed by atoms with Gasteiger partial charge in [-0.1, -0.05) is 38.1 Å². The summed E-state index contributed by atoms with van der Waals surface area (Å²) in [5.74, 6) is -0.590. The predicted octanol–water partition coefficient (Wildman–Crippen LogP) is 4.46. The molecule has 0 N–H and O–H groups in total. The standard InChI is InChI=1S/C22H22N2O4S3/c1-15(2)16-7-9-17(10-8-16)24-20(25)13-19(22(24)26)23(14-18-5-3-11-29-18)31(27,28)21-6-4-12-30-21/h3-12,15,19H,13-14H2,1-2H3. The monoisotopic (exact) mass is 474 g/mol. The van der Waals surface area contributed by atoms with E-state index in [0.717, 1.165) is 26.7 Å². The molecule has 0 saturated carbocycles. The second kappa shape index (κ2) is 8.66. The number of nitrogens with zero attached hydrogens (tertiary/aromatic N) is 2. The number of carbonyl (C=O) groups is 2. The van der Waals surface area contributed by atoms with E-state index in [1.165, 1.54) is 21.7 Å². The molecule has 162 valence electrons. The molecule has 6 nitrogen and oxygen atoms in total. The van der Waals surface area contributed by atoms with Gasteiger partial charge in [0.15, 0.2) is 0 Å². The predicted molar refractivity (Wildman–Crippen MR) is 123 cm³/mol. The average molecular weight is 475 g/mol. The molecule has 2 aromatic heterocycles. The number of anilines is 1. The van der Waals surface area contributed by atoms with Gasteiger partial charge in [-0.2, -0.15) is 4.31 Å². The summed E-state index contributed by atoms with van der Waals surface area (Å²) in [6, 6.07) is 13.0. The summed E-state index contributed by atoms with van der Waals surface area (Å²) in [4.78, 5) is 28.1. The molecule has 9 heteroatoms. The fraction of sp³-hybridized carbons (Fsp3) is 0.273. The van der Waals surface area contributed by atoms with Crippen LogP contribution < -0.4 is 4.90 Å². The molecule has 3 aromatic rings. The summed E-state index contributed by atoms with van der Waals surface area (Å²) in [6.45, 7) is 4.17. The van der Waals surface area contributed by atoms with E-state index in [9.17, 15) is 18.0 Å². The number of hydrogen-bond acceptors (Lipinski definition) is 6. The van der Waals surface area contributed by atoms with Crippen LogP contribution in [-0.4, -0.2) is 30.6 Å². The average Bonchev–Trinajstić information content (AvgIpc) is 3.49. The van der Waals surface area contributed by atoms with Gasteiger partial charge in [0.05, 0.1) is 12.1 Å². The minimum Gasteiger partial charge on any atom is -0.274 e. The van der Waals surface area contributed by atoms with Gasteiger partial charge in [-0.25, -0.2) is 13.3 Å². The third-order valence-corrected chi connectivity index (χ3v) is 9.33. The largest absolute Gasteiger partial charge is 0.274 e. The number of thiophene rings is 2. The van der Waals surface area contributed by atoms with Gasteiger partial charge in [-0.15, -0.1) is 22.7 Å². The van der Waals surface area contributed by atoms with Gasteiger partial charge < -0.3 is 0 Å². The molecular formula is C22H22N2O4S3. The highest BCUT2D eigenvalue weighted by molar-refractivity contribution is 7.91. The zero-order chi connectivity index (χ0) is 22.2. The molecule has 3 heterocycles. The van der Waals surface area contributed by atoms with E-state index >= 15 is 0 Å². The Balaban J connectivity index is 1.69. The zero-order valence-electron chi connectivity index (χ0n) is 17.1. The Labute approximate surface area is 189 Å². The molecule has 1 aliphatic rings. The molecule has 1 aromatic carbocycles. The first-order valence-corrected chi connectivity index (χ1v) is 13.0. The Morgan fingerprint density at radius 2 is 1.71 bits per heavy atom. The maximum atomic E-state index is 13.4. The van der Waals surface area contributed by atoms with Crippen molar-refractivity contribution in [1.29, 1.82) is 0 Å². The number of amides is 2. The summed E-state index contributed by atoms with van der Waals surface area (Å²) in [5, 5.41) is 3.54. The lowest BCUT2D eigenvalue weighted by molar-refractivity contribution is -0.122. The van der Waals surface area contributed by atoms with E-state index in [1.54, 1.807) is 23.6 Å². The zero-order valence-corrected chi connectivity index (χ0v) is 19.5. The molecule has 0 radical (unpaired) electrons. The van der Waals surface area contributed by atoms with Crippen molar-refractivity contribution in [2.75, 3.05) is 4.90 Å². The van der Waals surface area contributed by atoms with Crippen LogP contribution in [0.5, 0.6) is 0 Å². The third-order valence-electron chi connectivity index (χ3n) is 5.24. The Bertz CT molecular complexity index is 1170. The normalized spacial score (nSPS) is 17.3. The van der Waals surface area contributed by atoms with Gasteiger partial charge in [0.2, 0.25) is 5.91 Å². The molecule has 0 spiro atoms. The summed E-state index contributed by atoms with van der Waals surface area (Å²) >= 11 is 2.51.